The molecule has 1 amide bonds. The third kappa shape index (κ3) is 5.89. The Kier molecular flexibility index (Phi) is 8.24. The lowest BCUT2D eigenvalue weighted by Gasteiger charge is -2.34. The second-order valence-corrected chi connectivity index (χ2v) is 8.21. The first-order chi connectivity index (χ1) is 9.56. The van der Waals surface area contributed by atoms with Gasteiger partial charge in [0.25, 0.3) is 0 Å². The molecule has 1 aliphatic rings. The maximum absolute atomic E-state index is 12.2. The molecule has 2 rings (SSSR count). The SMILES string of the molecule is CC(N)C1CCCN(C(=O)CCCc2ccc(Br)s2)C1.Cl. The number of thiophene rings is 1. The molecule has 0 aromatic carbocycles. The van der Waals surface area contributed by atoms with Crippen molar-refractivity contribution in [1.29, 1.82) is 0 Å². The monoisotopic (exact) mass is 394 g/mol. The molecule has 0 bridgehead atoms. The fourth-order valence-corrected chi connectivity index (χ4v) is 4.25. The van der Waals surface area contributed by atoms with Crippen molar-refractivity contribution in [2.45, 2.75) is 45.1 Å². The van der Waals surface area contributed by atoms with Crippen LogP contribution in [0.2, 0.25) is 0 Å². The highest BCUT2D eigenvalue weighted by Gasteiger charge is 2.25. The summed E-state index contributed by atoms with van der Waals surface area (Å²) in [4.78, 5) is 15.6. The van der Waals surface area contributed by atoms with Gasteiger partial charge in [-0.15, -0.1) is 23.7 Å². The van der Waals surface area contributed by atoms with Gasteiger partial charge in [-0.05, 0) is 66.6 Å². The Morgan fingerprint density at radius 1 is 1.57 bits per heavy atom. The van der Waals surface area contributed by atoms with Crippen molar-refractivity contribution in [3.63, 3.8) is 0 Å². The van der Waals surface area contributed by atoms with Crippen LogP contribution in [-0.2, 0) is 11.2 Å². The lowest BCUT2D eigenvalue weighted by atomic mass is 9.92. The molecule has 2 atom stereocenters. The zero-order valence-corrected chi connectivity index (χ0v) is 15.6. The molecule has 0 saturated carbocycles. The number of halogens is 2. The highest BCUT2D eigenvalue weighted by atomic mass is 79.9. The molecule has 6 heteroatoms. The summed E-state index contributed by atoms with van der Waals surface area (Å²) in [6.07, 6.45) is 4.83. The minimum absolute atomic E-state index is 0. The van der Waals surface area contributed by atoms with Crippen LogP contribution >= 0.6 is 39.7 Å². The van der Waals surface area contributed by atoms with Gasteiger partial charge in [0.15, 0.2) is 0 Å². The van der Waals surface area contributed by atoms with E-state index >= 15 is 0 Å². The van der Waals surface area contributed by atoms with E-state index in [1.807, 2.05) is 11.8 Å². The van der Waals surface area contributed by atoms with Gasteiger partial charge in [-0.2, -0.15) is 0 Å². The third-order valence-corrected chi connectivity index (χ3v) is 5.68. The summed E-state index contributed by atoms with van der Waals surface area (Å²) >= 11 is 5.22. The number of likely N-dealkylation sites (tertiary alicyclic amines) is 1. The van der Waals surface area contributed by atoms with Crippen molar-refractivity contribution in [2.24, 2.45) is 11.7 Å². The van der Waals surface area contributed by atoms with Gasteiger partial charge in [-0.3, -0.25) is 4.79 Å². The molecule has 3 nitrogen and oxygen atoms in total. The molecule has 0 spiro atoms. The maximum Gasteiger partial charge on any atom is 0.222 e. The smallest absolute Gasteiger partial charge is 0.222 e. The zero-order valence-electron chi connectivity index (χ0n) is 12.4. The van der Waals surface area contributed by atoms with Crippen LogP contribution in [0.3, 0.4) is 0 Å². The minimum Gasteiger partial charge on any atom is -0.342 e. The highest BCUT2D eigenvalue weighted by molar-refractivity contribution is 9.11. The Morgan fingerprint density at radius 3 is 2.95 bits per heavy atom. The molecule has 120 valence electrons. The summed E-state index contributed by atoms with van der Waals surface area (Å²) in [6, 6.07) is 4.39. The number of nitrogens with two attached hydrogens (primary N) is 1. The van der Waals surface area contributed by atoms with E-state index in [0.717, 1.165) is 42.6 Å². The fourth-order valence-electron chi connectivity index (χ4n) is 2.72. The van der Waals surface area contributed by atoms with E-state index in [9.17, 15) is 4.79 Å². The Balaban J connectivity index is 0.00000220. The van der Waals surface area contributed by atoms with Crippen LogP contribution < -0.4 is 5.73 Å². The van der Waals surface area contributed by atoms with E-state index in [2.05, 4.69) is 28.1 Å². The zero-order chi connectivity index (χ0) is 14.5. The molecular weight excluding hydrogens is 372 g/mol. The van der Waals surface area contributed by atoms with Crippen molar-refractivity contribution in [3.05, 3.63) is 20.8 Å². The van der Waals surface area contributed by atoms with Gasteiger partial charge in [-0.1, -0.05) is 0 Å². The van der Waals surface area contributed by atoms with Crippen LogP contribution in [0.5, 0.6) is 0 Å². The Labute approximate surface area is 145 Å². The number of carbonyl (C=O) groups is 1. The number of amides is 1. The molecule has 21 heavy (non-hydrogen) atoms. The summed E-state index contributed by atoms with van der Waals surface area (Å²) in [5.74, 6) is 0.770. The van der Waals surface area contributed by atoms with E-state index < -0.39 is 0 Å². The number of nitrogens with zero attached hydrogens (tertiary/aromatic N) is 1. The molecule has 0 radical (unpaired) electrons. The van der Waals surface area contributed by atoms with Crippen molar-refractivity contribution in [3.8, 4) is 0 Å². The van der Waals surface area contributed by atoms with E-state index in [4.69, 9.17) is 5.73 Å². The number of hydrogen-bond donors (Lipinski definition) is 1. The number of rotatable bonds is 5. The van der Waals surface area contributed by atoms with Gasteiger partial charge >= 0.3 is 0 Å². The summed E-state index contributed by atoms with van der Waals surface area (Å²) in [7, 11) is 0. The second-order valence-electron chi connectivity index (χ2n) is 5.66. The molecule has 1 aromatic rings. The van der Waals surface area contributed by atoms with Crippen molar-refractivity contribution >= 4 is 45.6 Å². The Hall–Kier alpha value is -0.100. The lowest BCUT2D eigenvalue weighted by Crippen LogP contribution is -2.45. The van der Waals surface area contributed by atoms with E-state index in [1.165, 1.54) is 4.88 Å². The first kappa shape index (κ1) is 18.9. The van der Waals surface area contributed by atoms with Crippen LogP contribution in [0.15, 0.2) is 15.9 Å². The molecule has 1 fully saturated rings. The third-order valence-electron chi connectivity index (χ3n) is 4.00. The first-order valence-electron chi connectivity index (χ1n) is 7.34. The summed E-state index contributed by atoms with van der Waals surface area (Å²) in [6.45, 7) is 3.81. The number of piperidine rings is 1. The standard InChI is InChI=1S/C15H23BrN2OS.ClH/c1-11(17)12-4-3-9-18(10-12)15(19)6-2-5-13-7-8-14(16)20-13;/h7-8,11-12H,2-6,9-10,17H2,1H3;1H. The Bertz CT molecular complexity index is 453. The fraction of sp³-hybridized carbons (Fsp3) is 0.667. The normalized spacial score (nSPS) is 20.0. The molecule has 1 aliphatic heterocycles. The van der Waals surface area contributed by atoms with Crippen LogP contribution in [-0.4, -0.2) is 29.9 Å². The highest BCUT2D eigenvalue weighted by Crippen LogP contribution is 2.24. The van der Waals surface area contributed by atoms with E-state index in [-0.39, 0.29) is 18.4 Å². The molecule has 2 heterocycles. The first-order valence-corrected chi connectivity index (χ1v) is 8.95. The van der Waals surface area contributed by atoms with Gasteiger partial charge in [0.1, 0.15) is 0 Å². The number of hydrogen-bond acceptors (Lipinski definition) is 3. The minimum atomic E-state index is 0. The number of carbonyl (C=O) groups excluding carboxylic acids is 1. The van der Waals surface area contributed by atoms with Gasteiger partial charge in [0.05, 0.1) is 3.79 Å². The van der Waals surface area contributed by atoms with Crippen molar-refractivity contribution < 1.29 is 4.79 Å². The van der Waals surface area contributed by atoms with Crippen molar-refractivity contribution in [2.75, 3.05) is 13.1 Å². The lowest BCUT2D eigenvalue weighted by molar-refractivity contribution is -0.133. The average Bonchev–Trinajstić information content (AvgIpc) is 2.84. The molecule has 1 saturated heterocycles. The summed E-state index contributed by atoms with van der Waals surface area (Å²) < 4.78 is 1.16. The van der Waals surface area contributed by atoms with Gasteiger partial charge in [-0.25, -0.2) is 0 Å². The van der Waals surface area contributed by atoms with E-state index in [0.29, 0.717) is 18.2 Å². The molecule has 0 aliphatic carbocycles. The predicted molar refractivity (Wildman–Crippen MR) is 95.2 cm³/mol. The maximum atomic E-state index is 12.2. The molecule has 1 aromatic heterocycles. The van der Waals surface area contributed by atoms with Gasteiger partial charge in [0, 0.05) is 30.4 Å². The van der Waals surface area contributed by atoms with Crippen LogP contribution in [0.1, 0.15) is 37.5 Å². The van der Waals surface area contributed by atoms with Gasteiger partial charge < -0.3 is 10.6 Å². The van der Waals surface area contributed by atoms with E-state index in [1.54, 1.807) is 11.3 Å². The Morgan fingerprint density at radius 2 is 2.33 bits per heavy atom. The molecule has 2 unspecified atom stereocenters. The summed E-state index contributed by atoms with van der Waals surface area (Å²) in [5.41, 5.74) is 5.97. The molecule has 2 N–H and O–H groups in total. The van der Waals surface area contributed by atoms with Crippen molar-refractivity contribution in [1.82, 2.24) is 4.90 Å². The predicted octanol–water partition coefficient (Wildman–Crippen LogP) is 3.84. The van der Waals surface area contributed by atoms with Crippen LogP contribution in [0.4, 0.5) is 0 Å². The number of aryl methyl sites for hydroxylation is 1. The second kappa shape index (κ2) is 9.13. The topological polar surface area (TPSA) is 46.3 Å². The quantitative estimate of drug-likeness (QED) is 0.823. The molecular formula is C15H24BrClN2OS. The average molecular weight is 396 g/mol. The largest absolute Gasteiger partial charge is 0.342 e. The summed E-state index contributed by atoms with van der Waals surface area (Å²) in [5, 5.41) is 0. The van der Waals surface area contributed by atoms with Crippen LogP contribution in [0.25, 0.3) is 0 Å². The van der Waals surface area contributed by atoms with Crippen LogP contribution in [0, 0.1) is 5.92 Å². The van der Waals surface area contributed by atoms with Gasteiger partial charge in [0.2, 0.25) is 5.91 Å².